The van der Waals surface area contributed by atoms with Gasteiger partial charge in [-0.25, -0.2) is 13.6 Å². The number of alkyl halides is 2. The van der Waals surface area contributed by atoms with E-state index in [0.29, 0.717) is 12.1 Å². The molecular formula is C16H7F4NO4. The molecule has 0 radical (unpaired) electrons. The molecule has 1 aliphatic rings. The number of carbonyl (C=O) groups excluding carboxylic acids is 3. The SMILES string of the molecule is O=C1c2ccccc2C(=O)N1OC(=O)C(F)(F)c1c(F)cccc1F. The fraction of sp³-hybridized carbons (Fsp3) is 0.0625. The molecule has 0 aliphatic carbocycles. The van der Waals surface area contributed by atoms with Crippen molar-refractivity contribution < 1.29 is 36.8 Å². The first-order valence-electron chi connectivity index (χ1n) is 6.77. The normalized spacial score (nSPS) is 13.8. The van der Waals surface area contributed by atoms with Gasteiger partial charge in [0.1, 0.15) is 17.2 Å². The number of amides is 2. The molecule has 1 heterocycles. The predicted octanol–water partition coefficient (Wildman–Crippen LogP) is 2.81. The van der Waals surface area contributed by atoms with Crippen LogP contribution in [0, 0.1) is 11.6 Å². The summed E-state index contributed by atoms with van der Waals surface area (Å²) >= 11 is 0. The maximum absolute atomic E-state index is 14.1. The molecule has 3 rings (SSSR count). The Morgan fingerprint density at radius 1 is 0.880 bits per heavy atom. The zero-order valence-electron chi connectivity index (χ0n) is 12.1. The van der Waals surface area contributed by atoms with E-state index in [1.54, 1.807) is 0 Å². The number of halogens is 4. The second-order valence-corrected chi connectivity index (χ2v) is 5.00. The number of nitrogens with zero attached hydrogens (tertiary/aromatic N) is 1. The number of benzene rings is 2. The molecule has 0 saturated carbocycles. The summed E-state index contributed by atoms with van der Waals surface area (Å²) in [6.45, 7) is 0. The minimum absolute atomic E-state index is 0.152. The monoisotopic (exact) mass is 353 g/mol. The smallest absolute Gasteiger partial charge is 0.323 e. The largest absolute Gasteiger partial charge is 0.407 e. The molecule has 0 bridgehead atoms. The van der Waals surface area contributed by atoms with Gasteiger partial charge in [-0.3, -0.25) is 9.59 Å². The van der Waals surface area contributed by atoms with Crippen LogP contribution in [-0.2, 0) is 15.6 Å². The minimum Gasteiger partial charge on any atom is -0.323 e. The molecule has 2 amide bonds. The van der Waals surface area contributed by atoms with Crippen molar-refractivity contribution in [3.63, 3.8) is 0 Å². The van der Waals surface area contributed by atoms with Crippen molar-refractivity contribution in [3.05, 3.63) is 70.8 Å². The second-order valence-electron chi connectivity index (χ2n) is 5.00. The van der Waals surface area contributed by atoms with Gasteiger partial charge in [-0.2, -0.15) is 8.78 Å². The summed E-state index contributed by atoms with van der Waals surface area (Å²) in [5.41, 5.74) is -2.14. The van der Waals surface area contributed by atoms with E-state index >= 15 is 0 Å². The lowest BCUT2D eigenvalue weighted by atomic mass is 10.1. The zero-order chi connectivity index (χ0) is 18.4. The van der Waals surface area contributed by atoms with E-state index in [-0.39, 0.29) is 16.2 Å². The number of hydrogen-bond donors (Lipinski definition) is 0. The fourth-order valence-corrected chi connectivity index (χ4v) is 2.29. The Labute approximate surface area is 137 Å². The molecule has 128 valence electrons. The van der Waals surface area contributed by atoms with Gasteiger partial charge >= 0.3 is 11.9 Å². The van der Waals surface area contributed by atoms with E-state index in [1.165, 1.54) is 24.3 Å². The van der Waals surface area contributed by atoms with E-state index in [1.807, 2.05) is 0 Å². The Balaban J connectivity index is 1.91. The molecule has 0 aromatic heterocycles. The van der Waals surface area contributed by atoms with Gasteiger partial charge in [0.05, 0.1) is 11.1 Å². The van der Waals surface area contributed by atoms with Crippen molar-refractivity contribution in [2.75, 3.05) is 0 Å². The Morgan fingerprint density at radius 2 is 1.36 bits per heavy atom. The molecule has 0 spiro atoms. The molecule has 0 unspecified atom stereocenters. The van der Waals surface area contributed by atoms with Crippen molar-refractivity contribution >= 4 is 17.8 Å². The molecule has 1 aliphatic heterocycles. The van der Waals surface area contributed by atoms with E-state index in [0.717, 1.165) is 6.07 Å². The Bertz CT molecular complexity index is 858. The van der Waals surface area contributed by atoms with Gasteiger partial charge in [-0.05, 0) is 24.3 Å². The molecule has 5 nitrogen and oxygen atoms in total. The van der Waals surface area contributed by atoms with Gasteiger partial charge in [-0.1, -0.05) is 23.3 Å². The van der Waals surface area contributed by atoms with Crippen LogP contribution in [0.4, 0.5) is 17.6 Å². The highest BCUT2D eigenvalue weighted by molar-refractivity contribution is 6.20. The first-order chi connectivity index (χ1) is 11.7. The minimum atomic E-state index is -4.76. The first-order valence-corrected chi connectivity index (χ1v) is 6.77. The van der Waals surface area contributed by atoms with Crippen LogP contribution >= 0.6 is 0 Å². The standard InChI is InChI=1S/C16H7F4NO4/c17-10-6-3-7-11(18)12(10)16(19,20)15(24)25-21-13(22)8-4-1-2-5-9(8)14(21)23/h1-7H. The maximum atomic E-state index is 14.1. The summed E-state index contributed by atoms with van der Waals surface area (Å²) in [4.78, 5) is 39.8. The maximum Gasteiger partial charge on any atom is 0.407 e. The van der Waals surface area contributed by atoms with Crippen molar-refractivity contribution in [3.8, 4) is 0 Å². The lowest BCUT2D eigenvalue weighted by Gasteiger charge is -2.19. The molecule has 25 heavy (non-hydrogen) atoms. The van der Waals surface area contributed by atoms with E-state index in [2.05, 4.69) is 4.84 Å². The van der Waals surface area contributed by atoms with Crippen molar-refractivity contribution in [1.29, 1.82) is 0 Å². The van der Waals surface area contributed by atoms with Crippen LogP contribution in [-0.4, -0.2) is 22.8 Å². The van der Waals surface area contributed by atoms with Gasteiger partial charge in [-0.15, -0.1) is 0 Å². The van der Waals surface area contributed by atoms with Crippen molar-refractivity contribution in [1.82, 2.24) is 5.06 Å². The highest BCUT2D eigenvalue weighted by atomic mass is 19.3. The third-order valence-corrected chi connectivity index (χ3v) is 3.46. The third-order valence-electron chi connectivity index (χ3n) is 3.46. The molecule has 0 N–H and O–H groups in total. The lowest BCUT2D eigenvalue weighted by molar-refractivity contribution is -0.198. The van der Waals surface area contributed by atoms with Crippen molar-refractivity contribution in [2.24, 2.45) is 0 Å². The van der Waals surface area contributed by atoms with Gasteiger partial charge in [0, 0.05) is 0 Å². The quantitative estimate of drug-likeness (QED) is 0.629. The number of hydroxylamine groups is 2. The Kier molecular flexibility index (Phi) is 3.78. The molecule has 9 heteroatoms. The van der Waals surface area contributed by atoms with E-state index in [4.69, 9.17) is 0 Å². The summed E-state index contributed by atoms with van der Waals surface area (Å²) in [6.07, 6.45) is 0. The first kappa shape index (κ1) is 16.6. The zero-order valence-corrected chi connectivity index (χ0v) is 12.1. The Hall–Kier alpha value is -3.23. The van der Waals surface area contributed by atoms with Gasteiger partial charge in [0.25, 0.3) is 11.8 Å². The number of fused-ring (bicyclic) bond motifs is 1. The molecule has 0 fully saturated rings. The van der Waals surface area contributed by atoms with E-state index < -0.39 is 40.9 Å². The average molecular weight is 353 g/mol. The van der Waals surface area contributed by atoms with E-state index in [9.17, 15) is 31.9 Å². The highest BCUT2D eigenvalue weighted by Crippen LogP contribution is 2.34. The summed E-state index contributed by atoms with van der Waals surface area (Å²) in [5.74, 6) is -12.9. The number of rotatable bonds is 3. The van der Waals surface area contributed by atoms with Crippen molar-refractivity contribution in [2.45, 2.75) is 5.92 Å². The van der Waals surface area contributed by atoms with Crippen LogP contribution in [0.2, 0.25) is 0 Å². The second kappa shape index (κ2) is 5.69. The van der Waals surface area contributed by atoms with Gasteiger partial charge in [0.15, 0.2) is 0 Å². The third kappa shape index (κ3) is 2.53. The summed E-state index contributed by atoms with van der Waals surface area (Å²) in [5, 5.41) is -0.167. The molecule has 2 aromatic carbocycles. The van der Waals surface area contributed by atoms with Gasteiger partial charge in [0.2, 0.25) is 0 Å². The Morgan fingerprint density at radius 3 is 1.84 bits per heavy atom. The number of imide groups is 1. The van der Waals surface area contributed by atoms with Crippen LogP contribution in [0.15, 0.2) is 42.5 Å². The van der Waals surface area contributed by atoms with Crippen LogP contribution in [0.1, 0.15) is 26.3 Å². The predicted molar refractivity (Wildman–Crippen MR) is 73.3 cm³/mol. The molecular weight excluding hydrogens is 346 g/mol. The summed E-state index contributed by atoms with van der Waals surface area (Å²) in [6, 6.07) is 7.19. The van der Waals surface area contributed by atoms with Crippen LogP contribution < -0.4 is 0 Å². The topological polar surface area (TPSA) is 63.7 Å². The average Bonchev–Trinajstić information content (AvgIpc) is 2.80. The highest BCUT2D eigenvalue weighted by Gasteiger charge is 2.51. The van der Waals surface area contributed by atoms with Crippen LogP contribution in [0.25, 0.3) is 0 Å². The van der Waals surface area contributed by atoms with Gasteiger partial charge < -0.3 is 4.84 Å². The lowest BCUT2D eigenvalue weighted by Crippen LogP contribution is -2.39. The molecule has 2 aromatic rings. The fourth-order valence-electron chi connectivity index (χ4n) is 2.29. The summed E-state index contributed by atoms with van der Waals surface area (Å²) < 4.78 is 55.2. The molecule has 0 saturated heterocycles. The van der Waals surface area contributed by atoms with Crippen LogP contribution in [0.3, 0.4) is 0 Å². The number of carbonyl (C=O) groups is 3. The number of hydrogen-bond acceptors (Lipinski definition) is 4. The summed E-state index contributed by atoms with van der Waals surface area (Å²) in [7, 11) is 0. The van der Waals surface area contributed by atoms with Crippen LogP contribution in [0.5, 0.6) is 0 Å². The molecule has 0 atom stereocenters.